The third-order valence-electron chi connectivity index (χ3n) is 1.96. The molecular weight excluding hydrogens is 174 g/mol. The number of hydrogen-bond acceptors (Lipinski definition) is 4. The number of carbonyl (C=O) groups excluding carboxylic acids is 2. The van der Waals surface area contributed by atoms with Crippen LogP contribution in [0.2, 0.25) is 0 Å². The Balaban J connectivity index is 2.43. The number of hydrogen-bond donors (Lipinski definition) is 1. The van der Waals surface area contributed by atoms with Crippen LogP contribution in [0.4, 0.5) is 4.79 Å². The first kappa shape index (κ1) is 9.83. The largest absolute Gasteiger partial charge is 0.466 e. The van der Waals surface area contributed by atoms with Crippen LogP contribution in [0.25, 0.3) is 0 Å². The first-order valence-corrected chi connectivity index (χ1v) is 4.25. The van der Waals surface area contributed by atoms with Gasteiger partial charge in [0.2, 0.25) is 0 Å². The van der Waals surface area contributed by atoms with Crippen molar-refractivity contribution in [2.45, 2.75) is 19.9 Å². The molecule has 0 aliphatic carbocycles. The maximum Gasteiger partial charge on any atom is 0.407 e. The summed E-state index contributed by atoms with van der Waals surface area (Å²) in [5.41, 5.74) is 0. The summed E-state index contributed by atoms with van der Waals surface area (Å²) in [7, 11) is 0. The van der Waals surface area contributed by atoms with Gasteiger partial charge in [0.15, 0.2) is 0 Å². The van der Waals surface area contributed by atoms with E-state index in [1.54, 1.807) is 13.8 Å². The summed E-state index contributed by atoms with van der Waals surface area (Å²) in [6.45, 7) is 4.04. The van der Waals surface area contributed by atoms with Crippen molar-refractivity contribution < 1.29 is 19.1 Å². The van der Waals surface area contributed by atoms with Crippen molar-refractivity contribution in [3.8, 4) is 0 Å². The fourth-order valence-electron chi connectivity index (χ4n) is 1.11. The molecule has 1 aliphatic rings. The second kappa shape index (κ2) is 4.11. The zero-order chi connectivity index (χ0) is 9.84. The molecule has 0 radical (unpaired) electrons. The Morgan fingerprint density at radius 2 is 2.54 bits per heavy atom. The van der Waals surface area contributed by atoms with Gasteiger partial charge in [0, 0.05) is 0 Å². The molecule has 74 valence electrons. The predicted molar refractivity (Wildman–Crippen MR) is 44.1 cm³/mol. The van der Waals surface area contributed by atoms with Crippen LogP contribution in [0, 0.1) is 5.92 Å². The number of rotatable bonds is 3. The van der Waals surface area contributed by atoms with Crippen LogP contribution in [0.5, 0.6) is 0 Å². The van der Waals surface area contributed by atoms with Crippen LogP contribution in [0.1, 0.15) is 13.8 Å². The van der Waals surface area contributed by atoms with Crippen LogP contribution in [0.3, 0.4) is 0 Å². The lowest BCUT2D eigenvalue weighted by molar-refractivity contribution is -0.148. The molecule has 2 atom stereocenters. The lowest BCUT2D eigenvalue weighted by atomic mass is 10.0. The van der Waals surface area contributed by atoms with E-state index >= 15 is 0 Å². The van der Waals surface area contributed by atoms with E-state index in [9.17, 15) is 9.59 Å². The molecular formula is C8H13NO4. The molecule has 1 rings (SSSR count). The smallest absolute Gasteiger partial charge is 0.407 e. The minimum absolute atomic E-state index is 0.235. The number of carbonyl (C=O) groups is 2. The average Bonchev–Trinajstić information content (AvgIpc) is 2.51. The summed E-state index contributed by atoms with van der Waals surface area (Å²) in [4.78, 5) is 21.9. The Bertz CT molecular complexity index is 216. The molecule has 0 aromatic heterocycles. The van der Waals surface area contributed by atoms with Crippen molar-refractivity contribution >= 4 is 12.1 Å². The molecule has 0 saturated carbocycles. The zero-order valence-corrected chi connectivity index (χ0v) is 7.70. The fourth-order valence-corrected chi connectivity index (χ4v) is 1.11. The number of esters is 1. The van der Waals surface area contributed by atoms with Crippen LogP contribution in [-0.2, 0) is 14.3 Å². The van der Waals surface area contributed by atoms with E-state index in [1.807, 2.05) is 0 Å². The number of alkyl carbamates (subject to hydrolysis) is 1. The minimum Gasteiger partial charge on any atom is -0.466 e. The van der Waals surface area contributed by atoms with Crippen LogP contribution in [0.15, 0.2) is 0 Å². The maximum absolute atomic E-state index is 11.2. The standard InChI is InChI=1S/C8H13NO4/c1-3-12-7(10)5(2)6-4-13-8(11)9-6/h5-6H,3-4H2,1-2H3,(H,9,11)/t5-,6-/m1/s1. The van der Waals surface area contributed by atoms with Gasteiger partial charge in [-0.05, 0) is 13.8 Å². The van der Waals surface area contributed by atoms with Crippen molar-refractivity contribution in [2.24, 2.45) is 5.92 Å². The van der Waals surface area contributed by atoms with Gasteiger partial charge in [0.25, 0.3) is 0 Å². The number of nitrogens with one attached hydrogen (secondary N) is 1. The monoisotopic (exact) mass is 187 g/mol. The summed E-state index contributed by atoms with van der Waals surface area (Å²) in [5, 5.41) is 2.53. The molecule has 1 saturated heterocycles. The van der Waals surface area contributed by atoms with E-state index < -0.39 is 6.09 Å². The Morgan fingerprint density at radius 3 is 3.00 bits per heavy atom. The van der Waals surface area contributed by atoms with Gasteiger partial charge in [0.1, 0.15) is 6.61 Å². The van der Waals surface area contributed by atoms with Gasteiger partial charge >= 0.3 is 12.1 Å². The molecule has 0 unspecified atom stereocenters. The Kier molecular flexibility index (Phi) is 3.11. The van der Waals surface area contributed by atoms with Crippen LogP contribution in [-0.4, -0.2) is 31.3 Å². The lowest BCUT2D eigenvalue weighted by Gasteiger charge is -2.14. The molecule has 5 nitrogen and oxygen atoms in total. The average molecular weight is 187 g/mol. The summed E-state index contributed by atoms with van der Waals surface area (Å²) in [6.07, 6.45) is -0.471. The van der Waals surface area contributed by atoms with Gasteiger partial charge in [-0.1, -0.05) is 0 Å². The Labute approximate surface area is 76.4 Å². The topological polar surface area (TPSA) is 64.6 Å². The van der Waals surface area contributed by atoms with E-state index in [1.165, 1.54) is 0 Å². The molecule has 0 aromatic carbocycles. The lowest BCUT2D eigenvalue weighted by Crippen LogP contribution is -2.37. The third kappa shape index (κ3) is 2.34. The molecule has 1 fully saturated rings. The molecule has 1 amide bonds. The van der Waals surface area contributed by atoms with Crippen LogP contribution >= 0.6 is 0 Å². The predicted octanol–water partition coefficient (Wildman–Crippen LogP) is 0.294. The van der Waals surface area contributed by atoms with Crippen molar-refractivity contribution in [1.29, 1.82) is 0 Å². The molecule has 13 heavy (non-hydrogen) atoms. The number of cyclic esters (lactones) is 1. The summed E-state index contributed by atoms with van der Waals surface area (Å²) in [5.74, 6) is -0.662. The first-order valence-electron chi connectivity index (χ1n) is 4.25. The highest BCUT2D eigenvalue weighted by molar-refractivity contribution is 5.76. The highest BCUT2D eigenvalue weighted by Gasteiger charge is 2.32. The third-order valence-corrected chi connectivity index (χ3v) is 1.96. The fraction of sp³-hybridized carbons (Fsp3) is 0.750. The Morgan fingerprint density at radius 1 is 1.85 bits per heavy atom. The van der Waals surface area contributed by atoms with E-state index in [2.05, 4.69) is 10.1 Å². The normalized spacial score (nSPS) is 23.2. The molecule has 1 heterocycles. The van der Waals surface area contributed by atoms with E-state index in [4.69, 9.17) is 4.74 Å². The van der Waals surface area contributed by atoms with Gasteiger partial charge in [-0.2, -0.15) is 0 Å². The van der Waals surface area contributed by atoms with Crippen molar-refractivity contribution in [1.82, 2.24) is 5.32 Å². The molecule has 1 aliphatic heterocycles. The van der Waals surface area contributed by atoms with Gasteiger partial charge < -0.3 is 14.8 Å². The van der Waals surface area contributed by atoms with Gasteiger partial charge in [-0.15, -0.1) is 0 Å². The SMILES string of the molecule is CCOC(=O)[C@H](C)[C@H]1COC(=O)N1. The van der Waals surface area contributed by atoms with Gasteiger partial charge in [-0.25, -0.2) is 4.79 Å². The number of amides is 1. The summed E-state index contributed by atoms with van der Waals surface area (Å²) in [6, 6.07) is -0.258. The summed E-state index contributed by atoms with van der Waals surface area (Å²) >= 11 is 0. The van der Waals surface area contributed by atoms with Crippen molar-refractivity contribution in [3.05, 3.63) is 0 Å². The molecule has 5 heteroatoms. The minimum atomic E-state index is -0.471. The molecule has 0 bridgehead atoms. The quantitative estimate of drug-likeness (QED) is 0.645. The highest BCUT2D eigenvalue weighted by atomic mass is 16.6. The zero-order valence-electron chi connectivity index (χ0n) is 7.70. The first-order chi connectivity index (χ1) is 6.15. The van der Waals surface area contributed by atoms with Gasteiger partial charge in [0.05, 0.1) is 18.6 Å². The second-order valence-corrected chi connectivity index (χ2v) is 2.89. The second-order valence-electron chi connectivity index (χ2n) is 2.89. The van der Waals surface area contributed by atoms with E-state index in [0.29, 0.717) is 6.61 Å². The molecule has 1 N–H and O–H groups in total. The highest BCUT2D eigenvalue weighted by Crippen LogP contribution is 2.10. The molecule has 0 aromatic rings. The summed E-state index contributed by atoms with van der Waals surface area (Å²) < 4.78 is 9.46. The Hall–Kier alpha value is -1.26. The van der Waals surface area contributed by atoms with Crippen LogP contribution < -0.4 is 5.32 Å². The molecule has 0 spiro atoms. The van der Waals surface area contributed by atoms with Crippen molar-refractivity contribution in [2.75, 3.05) is 13.2 Å². The maximum atomic E-state index is 11.2. The van der Waals surface area contributed by atoms with E-state index in [-0.39, 0.29) is 24.5 Å². The van der Waals surface area contributed by atoms with Gasteiger partial charge in [-0.3, -0.25) is 4.79 Å². The van der Waals surface area contributed by atoms with E-state index in [0.717, 1.165) is 0 Å². The van der Waals surface area contributed by atoms with Crippen molar-refractivity contribution in [3.63, 3.8) is 0 Å². The number of ether oxygens (including phenoxy) is 2.